The first kappa shape index (κ1) is 13.2. The fraction of sp³-hybridized carbons (Fsp3) is 0.118. The van der Waals surface area contributed by atoms with E-state index in [1.54, 1.807) is 7.11 Å². The molecule has 0 atom stereocenters. The lowest BCUT2D eigenvalue weighted by Gasteiger charge is -2.09. The van der Waals surface area contributed by atoms with Gasteiger partial charge in [0.15, 0.2) is 0 Å². The van der Waals surface area contributed by atoms with Crippen molar-refractivity contribution in [3.63, 3.8) is 0 Å². The number of fused-ring (bicyclic) bond motifs is 1. The van der Waals surface area contributed by atoms with Gasteiger partial charge < -0.3 is 14.6 Å². The Morgan fingerprint density at radius 3 is 2.62 bits per heavy atom. The number of aromatic nitrogens is 1. The highest BCUT2D eigenvalue weighted by Crippen LogP contribution is 2.26. The zero-order valence-corrected chi connectivity index (χ0v) is 12.0. The minimum atomic E-state index is -0.142. The van der Waals surface area contributed by atoms with Gasteiger partial charge in [-0.05, 0) is 18.2 Å². The summed E-state index contributed by atoms with van der Waals surface area (Å²) in [4.78, 5) is 12.5. The molecule has 3 rings (SSSR count). The molecule has 1 amide bonds. The van der Waals surface area contributed by atoms with Crippen molar-refractivity contribution in [3.8, 4) is 5.75 Å². The molecule has 1 aromatic heterocycles. The minimum Gasteiger partial charge on any atom is -0.495 e. The molecule has 2 aromatic carbocycles. The molecule has 0 radical (unpaired) electrons. The number of hydrogen-bond donors (Lipinski definition) is 1. The van der Waals surface area contributed by atoms with Crippen LogP contribution in [0.4, 0.5) is 5.69 Å². The number of anilines is 1. The van der Waals surface area contributed by atoms with E-state index in [2.05, 4.69) is 5.32 Å². The van der Waals surface area contributed by atoms with Crippen LogP contribution in [-0.2, 0) is 7.05 Å². The Morgan fingerprint density at radius 2 is 1.81 bits per heavy atom. The topological polar surface area (TPSA) is 43.3 Å². The van der Waals surface area contributed by atoms with Crippen LogP contribution in [0.1, 0.15) is 10.4 Å². The Kier molecular flexibility index (Phi) is 3.36. The summed E-state index contributed by atoms with van der Waals surface area (Å²) in [6, 6.07) is 15.2. The number of carbonyl (C=O) groups excluding carboxylic acids is 1. The molecule has 3 aromatic rings. The summed E-state index contributed by atoms with van der Waals surface area (Å²) < 4.78 is 7.21. The highest BCUT2D eigenvalue weighted by molar-refractivity contribution is 6.13. The zero-order chi connectivity index (χ0) is 14.8. The van der Waals surface area contributed by atoms with Gasteiger partial charge in [0.1, 0.15) is 5.75 Å². The number of methoxy groups -OCH3 is 1. The van der Waals surface area contributed by atoms with Gasteiger partial charge in [-0.15, -0.1) is 0 Å². The van der Waals surface area contributed by atoms with E-state index in [9.17, 15) is 4.79 Å². The number of rotatable bonds is 3. The first-order chi connectivity index (χ1) is 10.2. The van der Waals surface area contributed by atoms with Crippen molar-refractivity contribution in [1.82, 2.24) is 4.57 Å². The van der Waals surface area contributed by atoms with Gasteiger partial charge >= 0.3 is 0 Å². The van der Waals surface area contributed by atoms with Gasteiger partial charge in [0.05, 0.1) is 18.4 Å². The van der Waals surface area contributed by atoms with Crippen LogP contribution in [0.25, 0.3) is 10.9 Å². The molecule has 1 heterocycles. The number of hydrogen-bond acceptors (Lipinski definition) is 2. The second-order valence-corrected chi connectivity index (χ2v) is 4.83. The van der Waals surface area contributed by atoms with Crippen molar-refractivity contribution < 1.29 is 9.53 Å². The van der Waals surface area contributed by atoms with Crippen LogP contribution in [-0.4, -0.2) is 17.6 Å². The summed E-state index contributed by atoms with van der Waals surface area (Å²) in [5.74, 6) is 0.502. The number of benzene rings is 2. The van der Waals surface area contributed by atoms with Gasteiger partial charge in [-0.2, -0.15) is 0 Å². The Labute approximate surface area is 123 Å². The highest BCUT2D eigenvalue weighted by atomic mass is 16.5. The van der Waals surface area contributed by atoms with E-state index in [0.717, 1.165) is 10.9 Å². The van der Waals surface area contributed by atoms with Crippen molar-refractivity contribution in [2.75, 3.05) is 12.4 Å². The van der Waals surface area contributed by atoms with Crippen molar-refractivity contribution in [3.05, 3.63) is 60.3 Å². The zero-order valence-electron chi connectivity index (χ0n) is 12.0. The largest absolute Gasteiger partial charge is 0.495 e. The maximum absolute atomic E-state index is 12.5. The Morgan fingerprint density at radius 1 is 1.10 bits per heavy atom. The molecule has 0 bridgehead atoms. The Hall–Kier alpha value is -2.75. The quantitative estimate of drug-likeness (QED) is 0.798. The second kappa shape index (κ2) is 5.32. The van der Waals surface area contributed by atoms with E-state index in [-0.39, 0.29) is 5.91 Å². The van der Waals surface area contributed by atoms with Crippen LogP contribution in [0.2, 0.25) is 0 Å². The van der Waals surface area contributed by atoms with E-state index in [4.69, 9.17) is 4.74 Å². The number of ether oxygens (including phenoxy) is 1. The van der Waals surface area contributed by atoms with Crippen LogP contribution in [0.15, 0.2) is 54.7 Å². The number of carbonyl (C=O) groups is 1. The lowest BCUT2D eigenvalue weighted by Crippen LogP contribution is -2.12. The van der Waals surface area contributed by atoms with Crippen molar-refractivity contribution >= 4 is 22.5 Å². The molecule has 1 N–H and O–H groups in total. The van der Waals surface area contributed by atoms with E-state index >= 15 is 0 Å². The predicted molar refractivity (Wildman–Crippen MR) is 83.9 cm³/mol. The van der Waals surface area contributed by atoms with E-state index in [1.807, 2.05) is 66.3 Å². The number of amides is 1. The number of para-hydroxylation sites is 3. The van der Waals surface area contributed by atoms with Gasteiger partial charge in [0.2, 0.25) is 0 Å². The molecule has 0 fully saturated rings. The molecule has 0 spiro atoms. The van der Waals surface area contributed by atoms with E-state index in [0.29, 0.717) is 17.0 Å². The summed E-state index contributed by atoms with van der Waals surface area (Å²) in [6.45, 7) is 0. The third-order valence-corrected chi connectivity index (χ3v) is 3.50. The molecule has 0 unspecified atom stereocenters. The molecule has 0 aliphatic rings. The number of aryl methyl sites for hydroxylation is 1. The summed E-state index contributed by atoms with van der Waals surface area (Å²) in [7, 11) is 3.52. The van der Waals surface area contributed by atoms with Crippen molar-refractivity contribution in [2.24, 2.45) is 7.05 Å². The molecule has 0 saturated carbocycles. The predicted octanol–water partition coefficient (Wildman–Crippen LogP) is 3.44. The maximum atomic E-state index is 12.5. The van der Waals surface area contributed by atoms with Gasteiger partial charge in [-0.1, -0.05) is 30.3 Å². The van der Waals surface area contributed by atoms with Gasteiger partial charge in [0, 0.05) is 24.1 Å². The summed E-state index contributed by atoms with van der Waals surface area (Å²) >= 11 is 0. The van der Waals surface area contributed by atoms with Gasteiger partial charge in [0.25, 0.3) is 5.91 Å². The van der Waals surface area contributed by atoms with Gasteiger partial charge in [-0.3, -0.25) is 4.79 Å². The first-order valence-electron chi connectivity index (χ1n) is 6.69. The van der Waals surface area contributed by atoms with Crippen molar-refractivity contribution in [1.29, 1.82) is 0 Å². The lowest BCUT2D eigenvalue weighted by molar-refractivity contribution is 0.102. The standard InChI is InChI=1S/C17H16N2O2/c1-19-11-13(12-7-3-5-9-15(12)19)17(20)18-14-8-4-6-10-16(14)21-2/h3-11H,1-2H3,(H,18,20). The smallest absolute Gasteiger partial charge is 0.257 e. The minimum absolute atomic E-state index is 0.142. The lowest BCUT2D eigenvalue weighted by atomic mass is 10.1. The molecule has 4 nitrogen and oxygen atoms in total. The summed E-state index contributed by atoms with van der Waals surface area (Å²) in [6.07, 6.45) is 1.84. The summed E-state index contributed by atoms with van der Waals surface area (Å²) in [5, 5.41) is 3.84. The van der Waals surface area contributed by atoms with Crippen LogP contribution >= 0.6 is 0 Å². The fourth-order valence-corrected chi connectivity index (χ4v) is 2.46. The van der Waals surface area contributed by atoms with E-state index in [1.165, 1.54) is 0 Å². The fourth-order valence-electron chi connectivity index (χ4n) is 2.46. The van der Waals surface area contributed by atoms with Crippen LogP contribution in [0.3, 0.4) is 0 Å². The molecule has 106 valence electrons. The normalized spacial score (nSPS) is 10.6. The third-order valence-electron chi connectivity index (χ3n) is 3.50. The average Bonchev–Trinajstić information content (AvgIpc) is 2.86. The van der Waals surface area contributed by atoms with Gasteiger partial charge in [-0.25, -0.2) is 0 Å². The molecule has 21 heavy (non-hydrogen) atoms. The molecular weight excluding hydrogens is 264 g/mol. The van der Waals surface area contributed by atoms with Crippen LogP contribution in [0.5, 0.6) is 5.75 Å². The van der Waals surface area contributed by atoms with Crippen LogP contribution < -0.4 is 10.1 Å². The van der Waals surface area contributed by atoms with E-state index < -0.39 is 0 Å². The molecule has 0 aliphatic heterocycles. The van der Waals surface area contributed by atoms with Crippen LogP contribution in [0, 0.1) is 0 Å². The SMILES string of the molecule is COc1ccccc1NC(=O)c1cn(C)c2ccccc12. The maximum Gasteiger partial charge on any atom is 0.257 e. The molecule has 0 saturated heterocycles. The highest BCUT2D eigenvalue weighted by Gasteiger charge is 2.15. The van der Waals surface area contributed by atoms with Crippen molar-refractivity contribution in [2.45, 2.75) is 0 Å². The Balaban J connectivity index is 1.98. The molecule has 0 aliphatic carbocycles. The number of nitrogens with one attached hydrogen (secondary N) is 1. The average molecular weight is 280 g/mol. The second-order valence-electron chi connectivity index (χ2n) is 4.83. The number of nitrogens with zero attached hydrogens (tertiary/aromatic N) is 1. The molecular formula is C17H16N2O2. The Bertz CT molecular complexity index is 805. The molecule has 4 heteroatoms. The first-order valence-corrected chi connectivity index (χ1v) is 6.69. The monoisotopic (exact) mass is 280 g/mol. The summed E-state index contributed by atoms with van der Waals surface area (Å²) in [5.41, 5.74) is 2.35. The third kappa shape index (κ3) is 2.36.